The van der Waals surface area contributed by atoms with Crippen molar-refractivity contribution in [2.75, 3.05) is 6.61 Å². The van der Waals surface area contributed by atoms with Gasteiger partial charge in [-0.1, -0.05) is 0 Å². The fourth-order valence-electron chi connectivity index (χ4n) is 1.48. The summed E-state index contributed by atoms with van der Waals surface area (Å²) >= 11 is 0. The summed E-state index contributed by atoms with van der Waals surface area (Å²) in [4.78, 5) is 15.1. The van der Waals surface area contributed by atoms with E-state index >= 15 is 0 Å². The van der Waals surface area contributed by atoms with Crippen LogP contribution in [0.1, 0.15) is 35.9 Å². The summed E-state index contributed by atoms with van der Waals surface area (Å²) in [6.07, 6.45) is -2.92. The van der Waals surface area contributed by atoms with E-state index in [2.05, 4.69) is 4.98 Å². The van der Waals surface area contributed by atoms with Gasteiger partial charge in [0, 0.05) is 16.8 Å². The summed E-state index contributed by atoms with van der Waals surface area (Å²) in [6.45, 7) is 3.24. The summed E-state index contributed by atoms with van der Waals surface area (Å²) < 4.78 is 30.1. The highest BCUT2D eigenvalue weighted by Gasteiger charge is 2.17. The number of aromatic nitrogens is 1. The number of hydrogen-bond donors (Lipinski definition) is 0. The average molecular weight is 254 g/mol. The number of aryl methyl sites for hydroxylation is 1. The molecular formula is C12H12F2N2O2. The van der Waals surface area contributed by atoms with E-state index in [1.165, 1.54) is 6.92 Å². The first kappa shape index (κ1) is 14.0. The molecule has 0 atom stereocenters. The molecule has 1 aromatic rings. The number of halogens is 2. The van der Waals surface area contributed by atoms with E-state index in [-0.39, 0.29) is 35.5 Å². The second-order valence-corrected chi connectivity index (χ2v) is 3.57. The zero-order valence-corrected chi connectivity index (χ0v) is 10.0. The number of alkyl halides is 2. The third-order valence-electron chi connectivity index (χ3n) is 2.31. The Kier molecular flexibility index (Phi) is 4.72. The summed E-state index contributed by atoms with van der Waals surface area (Å²) in [5.41, 5.74) is -0.0377. The lowest BCUT2D eigenvalue weighted by atomic mass is 10.1. The Morgan fingerprint density at radius 1 is 1.61 bits per heavy atom. The lowest BCUT2D eigenvalue weighted by Gasteiger charge is -2.09. The summed E-state index contributed by atoms with van der Waals surface area (Å²) in [5, 5.41) is 8.86. The van der Waals surface area contributed by atoms with Crippen molar-refractivity contribution >= 4 is 5.97 Å². The SMILES string of the molecule is CCOC(=O)Cc1cc(C(F)F)c(C)nc1C#N. The van der Waals surface area contributed by atoms with Gasteiger partial charge >= 0.3 is 5.97 Å². The lowest BCUT2D eigenvalue weighted by Crippen LogP contribution is -2.11. The predicted octanol–water partition coefficient (Wildman–Crippen LogP) is 2.30. The molecule has 0 radical (unpaired) electrons. The van der Waals surface area contributed by atoms with E-state index < -0.39 is 12.4 Å². The molecule has 0 amide bonds. The smallest absolute Gasteiger partial charge is 0.310 e. The first-order chi connectivity index (χ1) is 8.49. The molecule has 0 aromatic carbocycles. The molecule has 0 aliphatic heterocycles. The van der Waals surface area contributed by atoms with Gasteiger partial charge in [0.15, 0.2) is 0 Å². The van der Waals surface area contributed by atoms with E-state index in [1.54, 1.807) is 13.0 Å². The molecule has 0 aliphatic rings. The Labute approximate surface area is 103 Å². The molecule has 1 aromatic heterocycles. The Morgan fingerprint density at radius 3 is 2.78 bits per heavy atom. The minimum Gasteiger partial charge on any atom is -0.466 e. The predicted molar refractivity (Wildman–Crippen MR) is 59.0 cm³/mol. The third kappa shape index (κ3) is 3.23. The molecule has 0 saturated heterocycles. The highest BCUT2D eigenvalue weighted by molar-refractivity contribution is 5.73. The number of nitriles is 1. The van der Waals surface area contributed by atoms with Crippen LogP contribution < -0.4 is 0 Å². The first-order valence-corrected chi connectivity index (χ1v) is 5.33. The fourth-order valence-corrected chi connectivity index (χ4v) is 1.48. The fraction of sp³-hybridized carbons (Fsp3) is 0.417. The molecule has 0 unspecified atom stereocenters. The topological polar surface area (TPSA) is 63.0 Å². The van der Waals surface area contributed by atoms with Gasteiger partial charge in [0.05, 0.1) is 13.0 Å². The van der Waals surface area contributed by atoms with Crippen molar-refractivity contribution in [3.63, 3.8) is 0 Å². The highest BCUT2D eigenvalue weighted by Crippen LogP contribution is 2.24. The summed E-state index contributed by atoms with van der Waals surface area (Å²) in [6, 6.07) is 2.93. The molecule has 0 spiro atoms. The monoisotopic (exact) mass is 254 g/mol. The van der Waals surface area contributed by atoms with Crippen LogP contribution in [0.3, 0.4) is 0 Å². The molecule has 0 bridgehead atoms. The van der Waals surface area contributed by atoms with Crippen molar-refractivity contribution in [1.29, 1.82) is 5.26 Å². The number of esters is 1. The van der Waals surface area contributed by atoms with Gasteiger partial charge in [-0.15, -0.1) is 0 Å². The molecule has 6 heteroatoms. The minimum atomic E-state index is -2.69. The van der Waals surface area contributed by atoms with E-state index in [0.29, 0.717) is 0 Å². The molecule has 1 heterocycles. The van der Waals surface area contributed by atoms with Gasteiger partial charge in [-0.05, 0) is 19.9 Å². The van der Waals surface area contributed by atoms with Crippen molar-refractivity contribution in [3.05, 3.63) is 28.6 Å². The quantitative estimate of drug-likeness (QED) is 0.773. The van der Waals surface area contributed by atoms with Crippen molar-refractivity contribution < 1.29 is 18.3 Å². The van der Waals surface area contributed by atoms with Gasteiger partial charge in [0.2, 0.25) is 0 Å². The minimum absolute atomic E-state index is 0.0232. The van der Waals surface area contributed by atoms with Crippen LogP contribution in [0.2, 0.25) is 0 Å². The number of pyridine rings is 1. The van der Waals surface area contributed by atoms with Gasteiger partial charge in [-0.2, -0.15) is 5.26 Å². The number of rotatable bonds is 4. The van der Waals surface area contributed by atoms with Crippen molar-refractivity contribution in [3.8, 4) is 6.07 Å². The highest BCUT2D eigenvalue weighted by atomic mass is 19.3. The number of ether oxygens (including phenoxy) is 1. The second-order valence-electron chi connectivity index (χ2n) is 3.57. The van der Waals surface area contributed by atoms with E-state index in [1.807, 2.05) is 0 Å². The van der Waals surface area contributed by atoms with Gasteiger partial charge in [0.25, 0.3) is 6.43 Å². The van der Waals surface area contributed by atoms with Crippen LogP contribution in [0.15, 0.2) is 6.07 Å². The van der Waals surface area contributed by atoms with Gasteiger partial charge in [-0.25, -0.2) is 13.8 Å². The first-order valence-electron chi connectivity index (χ1n) is 5.33. The molecule has 18 heavy (non-hydrogen) atoms. The molecule has 0 saturated carbocycles. The van der Waals surface area contributed by atoms with E-state index in [9.17, 15) is 13.6 Å². The summed E-state index contributed by atoms with van der Waals surface area (Å²) in [7, 11) is 0. The van der Waals surface area contributed by atoms with Crippen LogP contribution in [0.25, 0.3) is 0 Å². The molecule has 0 aliphatic carbocycles. The van der Waals surface area contributed by atoms with Crippen LogP contribution in [-0.2, 0) is 16.0 Å². The molecule has 96 valence electrons. The van der Waals surface area contributed by atoms with Gasteiger partial charge in [-0.3, -0.25) is 4.79 Å². The van der Waals surface area contributed by atoms with Gasteiger partial charge < -0.3 is 4.74 Å². The normalized spacial score (nSPS) is 10.2. The molecule has 0 fully saturated rings. The largest absolute Gasteiger partial charge is 0.466 e. The van der Waals surface area contributed by atoms with Crippen molar-refractivity contribution in [2.45, 2.75) is 26.7 Å². The zero-order chi connectivity index (χ0) is 13.7. The molecule has 1 rings (SSSR count). The van der Waals surface area contributed by atoms with Crippen LogP contribution in [-0.4, -0.2) is 17.6 Å². The Balaban J connectivity index is 3.13. The molecular weight excluding hydrogens is 242 g/mol. The maximum absolute atomic E-state index is 12.7. The number of nitrogens with zero attached hydrogens (tertiary/aromatic N) is 2. The number of carbonyl (C=O) groups is 1. The summed E-state index contributed by atoms with van der Waals surface area (Å²) in [5.74, 6) is -0.570. The van der Waals surface area contributed by atoms with E-state index in [4.69, 9.17) is 10.00 Å². The maximum Gasteiger partial charge on any atom is 0.310 e. The zero-order valence-electron chi connectivity index (χ0n) is 10.0. The second kappa shape index (κ2) is 6.05. The third-order valence-corrected chi connectivity index (χ3v) is 2.31. The van der Waals surface area contributed by atoms with Crippen LogP contribution in [0.5, 0.6) is 0 Å². The maximum atomic E-state index is 12.7. The Bertz CT molecular complexity index is 496. The van der Waals surface area contributed by atoms with Crippen LogP contribution in [0, 0.1) is 18.3 Å². The average Bonchev–Trinajstić information content (AvgIpc) is 2.30. The Hall–Kier alpha value is -2.03. The molecule has 4 nitrogen and oxygen atoms in total. The van der Waals surface area contributed by atoms with Gasteiger partial charge in [0.1, 0.15) is 11.8 Å². The van der Waals surface area contributed by atoms with Crippen LogP contribution >= 0.6 is 0 Å². The number of carbonyl (C=O) groups excluding carboxylic acids is 1. The van der Waals surface area contributed by atoms with E-state index in [0.717, 1.165) is 6.07 Å². The van der Waals surface area contributed by atoms with Crippen molar-refractivity contribution in [2.24, 2.45) is 0 Å². The lowest BCUT2D eigenvalue weighted by molar-refractivity contribution is -0.142. The van der Waals surface area contributed by atoms with Crippen molar-refractivity contribution in [1.82, 2.24) is 4.98 Å². The standard InChI is InChI=1S/C12H12F2N2O2/c1-3-18-11(17)5-8-4-9(12(13)14)7(2)16-10(8)6-15/h4,12H,3,5H2,1-2H3. The van der Waals surface area contributed by atoms with Crippen LogP contribution in [0.4, 0.5) is 8.78 Å². The number of hydrogen-bond acceptors (Lipinski definition) is 4. The molecule has 0 N–H and O–H groups in total. The Morgan fingerprint density at radius 2 is 2.28 bits per heavy atom.